The van der Waals surface area contributed by atoms with E-state index < -0.39 is 0 Å². The summed E-state index contributed by atoms with van der Waals surface area (Å²) in [4.78, 5) is 23.4. The molecule has 1 rings (SSSR count). The minimum Gasteiger partial charge on any atom is -0.507 e. The minimum absolute atomic E-state index is 0.0582. The van der Waals surface area contributed by atoms with Crippen LogP contribution >= 0.6 is 0 Å². The number of phenolic OH excluding ortho intramolecular Hbond substituents is 1. The Kier molecular flexibility index (Phi) is 6.03. The van der Waals surface area contributed by atoms with E-state index in [2.05, 4.69) is 10.6 Å². The fraction of sp³-hybridized carbons (Fsp3) is 0.467. The lowest BCUT2D eigenvalue weighted by Gasteiger charge is -2.12. The van der Waals surface area contributed by atoms with Gasteiger partial charge in [-0.1, -0.05) is 18.6 Å². The highest BCUT2D eigenvalue weighted by molar-refractivity contribution is 5.97. The number of phenols is 1. The van der Waals surface area contributed by atoms with Crippen LogP contribution in [0.15, 0.2) is 18.2 Å². The molecule has 0 saturated heterocycles. The van der Waals surface area contributed by atoms with Gasteiger partial charge in [-0.3, -0.25) is 9.59 Å². The Morgan fingerprint density at radius 2 is 2.05 bits per heavy atom. The summed E-state index contributed by atoms with van der Waals surface area (Å²) in [6.45, 7) is 6.01. The molecule has 3 N–H and O–H groups in total. The molecule has 0 radical (unpaired) electrons. The summed E-state index contributed by atoms with van der Waals surface area (Å²) in [5, 5.41) is 15.1. The Morgan fingerprint density at radius 3 is 2.70 bits per heavy atom. The molecule has 5 heteroatoms. The number of aryl methyl sites for hydroxylation is 1. The maximum atomic E-state index is 11.9. The summed E-state index contributed by atoms with van der Waals surface area (Å²) >= 11 is 0. The average Bonchev–Trinajstić information content (AvgIpc) is 2.41. The summed E-state index contributed by atoms with van der Waals surface area (Å²) in [6.07, 6.45) is 1.10. The highest BCUT2D eigenvalue weighted by atomic mass is 16.3. The lowest BCUT2D eigenvalue weighted by Crippen LogP contribution is -2.35. The van der Waals surface area contributed by atoms with Crippen LogP contribution in [0.4, 0.5) is 0 Å². The fourth-order valence-electron chi connectivity index (χ4n) is 1.67. The zero-order chi connectivity index (χ0) is 15.1. The van der Waals surface area contributed by atoms with Gasteiger partial charge in [-0.15, -0.1) is 0 Å². The van der Waals surface area contributed by atoms with E-state index in [1.807, 2.05) is 20.8 Å². The van der Waals surface area contributed by atoms with E-state index in [1.165, 1.54) is 6.07 Å². The predicted molar refractivity (Wildman–Crippen MR) is 77.7 cm³/mol. The van der Waals surface area contributed by atoms with Crippen LogP contribution in [-0.4, -0.2) is 29.5 Å². The third-order valence-corrected chi connectivity index (χ3v) is 3.05. The first-order valence-corrected chi connectivity index (χ1v) is 6.81. The third kappa shape index (κ3) is 4.91. The number of hydrogen-bond donors (Lipinski definition) is 3. The molecule has 2 amide bonds. The molecular weight excluding hydrogens is 256 g/mol. The molecule has 1 atom stereocenters. The zero-order valence-electron chi connectivity index (χ0n) is 12.2. The standard InChI is InChI=1S/C15H22N2O3/c1-4-11(3)17-14(19)7-8-16-15(20)12-9-10(2)5-6-13(12)18/h5-6,9,11,18H,4,7-8H2,1-3H3,(H,16,20)(H,17,19)/t11-/m1/s1. The number of amides is 2. The Bertz CT molecular complexity index is 486. The van der Waals surface area contributed by atoms with E-state index in [0.717, 1.165) is 12.0 Å². The van der Waals surface area contributed by atoms with Crippen LogP contribution in [0, 0.1) is 6.92 Å². The van der Waals surface area contributed by atoms with Crippen molar-refractivity contribution in [2.75, 3.05) is 6.54 Å². The van der Waals surface area contributed by atoms with Crippen molar-refractivity contribution in [2.45, 2.75) is 39.7 Å². The van der Waals surface area contributed by atoms with Crippen LogP contribution in [0.1, 0.15) is 42.6 Å². The van der Waals surface area contributed by atoms with Crippen molar-refractivity contribution in [3.8, 4) is 5.75 Å². The van der Waals surface area contributed by atoms with Crippen LogP contribution < -0.4 is 10.6 Å². The van der Waals surface area contributed by atoms with Gasteiger partial charge < -0.3 is 15.7 Å². The van der Waals surface area contributed by atoms with Crippen LogP contribution in [0.3, 0.4) is 0 Å². The molecule has 0 aromatic heterocycles. The van der Waals surface area contributed by atoms with Gasteiger partial charge >= 0.3 is 0 Å². The number of carbonyl (C=O) groups excluding carboxylic acids is 2. The smallest absolute Gasteiger partial charge is 0.255 e. The van der Waals surface area contributed by atoms with Crippen molar-refractivity contribution < 1.29 is 14.7 Å². The van der Waals surface area contributed by atoms with E-state index in [4.69, 9.17) is 0 Å². The average molecular weight is 278 g/mol. The first-order valence-electron chi connectivity index (χ1n) is 6.81. The van der Waals surface area contributed by atoms with Gasteiger partial charge in [-0.25, -0.2) is 0 Å². The first-order chi connectivity index (χ1) is 9.43. The number of aromatic hydroxyl groups is 1. The maximum Gasteiger partial charge on any atom is 0.255 e. The van der Waals surface area contributed by atoms with Gasteiger partial charge in [-0.05, 0) is 32.4 Å². The van der Waals surface area contributed by atoms with Gasteiger partial charge in [-0.2, -0.15) is 0 Å². The van der Waals surface area contributed by atoms with Gasteiger partial charge in [0.2, 0.25) is 5.91 Å². The van der Waals surface area contributed by atoms with Crippen LogP contribution in [-0.2, 0) is 4.79 Å². The number of nitrogens with one attached hydrogen (secondary N) is 2. The highest BCUT2D eigenvalue weighted by Crippen LogP contribution is 2.17. The largest absolute Gasteiger partial charge is 0.507 e. The van der Waals surface area contributed by atoms with Gasteiger partial charge in [0.15, 0.2) is 0 Å². The fourth-order valence-corrected chi connectivity index (χ4v) is 1.67. The quantitative estimate of drug-likeness (QED) is 0.741. The van der Waals surface area contributed by atoms with Crippen molar-refractivity contribution in [2.24, 2.45) is 0 Å². The minimum atomic E-state index is -0.373. The van der Waals surface area contributed by atoms with Crippen LogP contribution in [0.5, 0.6) is 5.75 Å². The number of benzene rings is 1. The van der Waals surface area contributed by atoms with E-state index in [9.17, 15) is 14.7 Å². The van der Waals surface area contributed by atoms with Crippen LogP contribution in [0.2, 0.25) is 0 Å². The molecule has 5 nitrogen and oxygen atoms in total. The highest BCUT2D eigenvalue weighted by Gasteiger charge is 2.11. The van der Waals surface area contributed by atoms with Gasteiger partial charge in [0, 0.05) is 19.0 Å². The lowest BCUT2D eigenvalue weighted by molar-refractivity contribution is -0.121. The zero-order valence-corrected chi connectivity index (χ0v) is 12.2. The second-order valence-electron chi connectivity index (χ2n) is 4.90. The second kappa shape index (κ2) is 7.53. The van der Waals surface area contributed by atoms with Gasteiger partial charge in [0.05, 0.1) is 5.56 Å². The molecule has 1 aromatic rings. The Balaban J connectivity index is 2.44. The topological polar surface area (TPSA) is 78.4 Å². The summed E-state index contributed by atoms with van der Waals surface area (Å²) in [7, 11) is 0. The van der Waals surface area contributed by atoms with Gasteiger partial charge in [0.25, 0.3) is 5.91 Å². The normalized spacial score (nSPS) is 11.8. The van der Waals surface area contributed by atoms with Crippen molar-refractivity contribution in [1.82, 2.24) is 10.6 Å². The van der Waals surface area contributed by atoms with Crippen molar-refractivity contribution >= 4 is 11.8 Å². The molecule has 0 spiro atoms. The molecule has 0 unspecified atom stereocenters. The summed E-state index contributed by atoms with van der Waals surface area (Å²) < 4.78 is 0. The summed E-state index contributed by atoms with van der Waals surface area (Å²) in [5.74, 6) is -0.521. The number of rotatable bonds is 6. The Hall–Kier alpha value is -2.04. The maximum absolute atomic E-state index is 11.9. The van der Waals surface area contributed by atoms with Crippen molar-refractivity contribution in [1.29, 1.82) is 0 Å². The Labute approximate surface area is 119 Å². The van der Waals surface area contributed by atoms with Gasteiger partial charge in [0.1, 0.15) is 5.75 Å². The molecule has 1 aromatic carbocycles. The van der Waals surface area contributed by atoms with E-state index >= 15 is 0 Å². The van der Waals surface area contributed by atoms with Crippen molar-refractivity contribution in [3.63, 3.8) is 0 Å². The predicted octanol–water partition coefficient (Wildman–Crippen LogP) is 1.74. The molecule has 110 valence electrons. The molecule has 0 aliphatic carbocycles. The monoisotopic (exact) mass is 278 g/mol. The van der Waals surface area contributed by atoms with E-state index in [1.54, 1.807) is 12.1 Å². The second-order valence-corrected chi connectivity index (χ2v) is 4.90. The van der Waals surface area contributed by atoms with E-state index in [-0.39, 0.29) is 42.1 Å². The SMILES string of the molecule is CC[C@@H](C)NC(=O)CCNC(=O)c1cc(C)ccc1O. The molecule has 0 aliphatic heterocycles. The third-order valence-electron chi connectivity index (χ3n) is 3.05. The van der Waals surface area contributed by atoms with Crippen molar-refractivity contribution in [3.05, 3.63) is 29.3 Å². The Morgan fingerprint density at radius 1 is 1.35 bits per heavy atom. The summed E-state index contributed by atoms with van der Waals surface area (Å²) in [6, 6.07) is 4.97. The number of carbonyl (C=O) groups is 2. The molecule has 0 heterocycles. The molecule has 0 saturated carbocycles. The van der Waals surface area contributed by atoms with Crippen LogP contribution in [0.25, 0.3) is 0 Å². The summed E-state index contributed by atoms with van der Waals surface area (Å²) in [5.41, 5.74) is 1.12. The van der Waals surface area contributed by atoms with E-state index in [0.29, 0.717) is 0 Å². The molecule has 0 fully saturated rings. The molecule has 0 aliphatic rings. The first kappa shape index (κ1) is 16.0. The molecular formula is C15H22N2O3. The number of hydrogen-bond acceptors (Lipinski definition) is 3. The lowest BCUT2D eigenvalue weighted by atomic mass is 10.1. The molecule has 0 bridgehead atoms. The molecule has 20 heavy (non-hydrogen) atoms.